The number of nitrogens with one attached hydrogen (secondary N) is 1. The SMILES string of the molecule is C[C@H]1CC2CN(C(=O)CCNC3(c4ccc(F)c(F)c4)CC3)CC1N2c1ccc(C#N)nc1. The predicted octanol–water partition coefficient (Wildman–Crippen LogP) is 3.33. The van der Waals surface area contributed by atoms with Crippen molar-refractivity contribution < 1.29 is 13.6 Å². The van der Waals surface area contributed by atoms with Crippen molar-refractivity contribution in [3.05, 3.63) is 59.4 Å². The number of hydrogen-bond donors (Lipinski definition) is 1. The number of nitriles is 1. The van der Waals surface area contributed by atoms with E-state index in [1.54, 1.807) is 18.3 Å². The molecule has 3 heterocycles. The smallest absolute Gasteiger partial charge is 0.223 e. The van der Waals surface area contributed by atoms with E-state index in [1.807, 2.05) is 11.0 Å². The maximum atomic E-state index is 13.6. The van der Waals surface area contributed by atoms with Crippen LogP contribution < -0.4 is 10.2 Å². The van der Waals surface area contributed by atoms with Crippen LogP contribution in [0.4, 0.5) is 14.5 Å². The standard InChI is InChI=1S/C25H27F2N5O/c1-16-10-20-14-31(15-23(16)32(20)19-4-3-18(12-28)29-13-19)24(33)6-9-30-25(7-8-25)17-2-5-21(26)22(27)11-17/h2-5,11,13,16,20,23,30H,6-10,14-15H2,1H3/t16-,20?,23?/m0/s1. The molecule has 1 N–H and O–H groups in total. The van der Waals surface area contributed by atoms with Gasteiger partial charge in [0.1, 0.15) is 11.8 Å². The molecule has 1 aromatic carbocycles. The van der Waals surface area contributed by atoms with Gasteiger partial charge in [0.2, 0.25) is 5.91 Å². The molecule has 3 atom stereocenters. The highest BCUT2D eigenvalue weighted by atomic mass is 19.2. The molecule has 3 aliphatic rings. The van der Waals surface area contributed by atoms with Crippen LogP contribution in [0.2, 0.25) is 0 Å². The fourth-order valence-electron chi connectivity index (χ4n) is 5.49. The molecule has 172 valence electrons. The lowest BCUT2D eigenvalue weighted by molar-refractivity contribution is -0.132. The third-order valence-electron chi connectivity index (χ3n) is 7.43. The highest BCUT2D eigenvalue weighted by molar-refractivity contribution is 5.77. The molecule has 1 aliphatic carbocycles. The Bertz CT molecular complexity index is 1090. The van der Waals surface area contributed by atoms with Gasteiger partial charge in [-0.3, -0.25) is 4.79 Å². The molecule has 3 fully saturated rings. The minimum absolute atomic E-state index is 0.116. The van der Waals surface area contributed by atoms with E-state index < -0.39 is 11.6 Å². The van der Waals surface area contributed by atoms with Gasteiger partial charge in [-0.15, -0.1) is 0 Å². The van der Waals surface area contributed by atoms with Gasteiger partial charge >= 0.3 is 0 Å². The highest BCUT2D eigenvalue weighted by Crippen LogP contribution is 2.45. The summed E-state index contributed by atoms with van der Waals surface area (Å²) in [7, 11) is 0. The molecule has 6 nitrogen and oxygen atoms in total. The van der Waals surface area contributed by atoms with Gasteiger partial charge in [-0.1, -0.05) is 13.0 Å². The highest BCUT2D eigenvalue weighted by Gasteiger charge is 2.46. The molecule has 2 bridgehead atoms. The minimum atomic E-state index is -0.843. The Labute approximate surface area is 192 Å². The maximum absolute atomic E-state index is 13.6. The molecule has 1 amide bonds. The Morgan fingerprint density at radius 3 is 2.70 bits per heavy atom. The maximum Gasteiger partial charge on any atom is 0.223 e. The van der Waals surface area contributed by atoms with Crippen molar-refractivity contribution in [3.8, 4) is 6.07 Å². The van der Waals surface area contributed by atoms with Gasteiger partial charge in [0.05, 0.1) is 11.9 Å². The Hall–Kier alpha value is -3.05. The van der Waals surface area contributed by atoms with Crippen LogP contribution in [-0.4, -0.2) is 47.5 Å². The lowest BCUT2D eigenvalue weighted by atomic mass is 10.0. The molecule has 33 heavy (non-hydrogen) atoms. The third kappa shape index (κ3) is 4.06. The number of fused-ring (bicyclic) bond motifs is 2. The van der Waals surface area contributed by atoms with Gasteiger partial charge in [0.15, 0.2) is 11.6 Å². The van der Waals surface area contributed by atoms with Crippen molar-refractivity contribution in [1.82, 2.24) is 15.2 Å². The second-order valence-electron chi connectivity index (χ2n) is 9.54. The second kappa shape index (κ2) is 8.38. The van der Waals surface area contributed by atoms with Gasteiger partial charge in [-0.05, 0) is 55.0 Å². The van der Waals surface area contributed by atoms with Gasteiger partial charge < -0.3 is 15.1 Å². The molecule has 1 aromatic heterocycles. The number of anilines is 1. The molecular formula is C25H27F2N5O. The summed E-state index contributed by atoms with van der Waals surface area (Å²) in [5, 5.41) is 12.4. The molecule has 2 aromatic rings. The first kappa shape index (κ1) is 21.8. The van der Waals surface area contributed by atoms with Crippen LogP contribution in [0, 0.1) is 28.9 Å². The second-order valence-corrected chi connectivity index (χ2v) is 9.54. The van der Waals surface area contributed by atoms with Crippen LogP contribution in [-0.2, 0) is 10.3 Å². The predicted molar refractivity (Wildman–Crippen MR) is 119 cm³/mol. The van der Waals surface area contributed by atoms with Gasteiger partial charge in [-0.25, -0.2) is 13.8 Å². The van der Waals surface area contributed by atoms with E-state index in [0.29, 0.717) is 37.7 Å². The monoisotopic (exact) mass is 451 g/mol. The molecule has 8 heteroatoms. The zero-order valence-electron chi connectivity index (χ0n) is 18.6. The van der Waals surface area contributed by atoms with Crippen molar-refractivity contribution in [1.29, 1.82) is 5.26 Å². The largest absolute Gasteiger partial charge is 0.360 e. The summed E-state index contributed by atoms with van der Waals surface area (Å²) in [4.78, 5) is 21.5. The molecule has 1 saturated carbocycles. The van der Waals surface area contributed by atoms with Crippen molar-refractivity contribution in [3.63, 3.8) is 0 Å². The number of likely N-dealkylation sites (tertiary alicyclic amines) is 1. The number of piperazine rings is 1. The number of carbonyl (C=O) groups excluding carboxylic acids is 1. The van der Waals surface area contributed by atoms with Gasteiger partial charge in [0.25, 0.3) is 0 Å². The lowest BCUT2D eigenvalue weighted by Crippen LogP contribution is -2.56. The summed E-state index contributed by atoms with van der Waals surface area (Å²) < 4.78 is 26.9. The summed E-state index contributed by atoms with van der Waals surface area (Å²) in [5.41, 5.74) is 1.80. The average molecular weight is 452 g/mol. The van der Waals surface area contributed by atoms with E-state index >= 15 is 0 Å². The molecule has 2 unspecified atom stereocenters. The number of rotatable bonds is 6. The number of pyridine rings is 1. The number of benzene rings is 1. The summed E-state index contributed by atoms with van der Waals surface area (Å²) >= 11 is 0. The average Bonchev–Trinajstić information content (AvgIpc) is 3.57. The molecule has 0 radical (unpaired) electrons. The van der Waals surface area contributed by atoms with Crippen LogP contribution >= 0.6 is 0 Å². The zero-order valence-corrected chi connectivity index (χ0v) is 18.6. The van der Waals surface area contributed by atoms with Crippen LogP contribution in [0.15, 0.2) is 36.5 Å². The normalized spacial score (nSPS) is 25.1. The van der Waals surface area contributed by atoms with Crippen molar-refractivity contribution in [2.45, 2.75) is 50.2 Å². The van der Waals surface area contributed by atoms with Crippen LogP contribution in [0.5, 0.6) is 0 Å². The minimum Gasteiger partial charge on any atom is -0.360 e. The van der Waals surface area contributed by atoms with Crippen molar-refractivity contribution in [2.75, 3.05) is 24.5 Å². The van der Waals surface area contributed by atoms with E-state index in [2.05, 4.69) is 28.2 Å². The van der Waals surface area contributed by atoms with E-state index in [4.69, 9.17) is 5.26 Å². The van der Waals surface area contributed by atoms with Gasteiger partial charge in [0, 0.05) is 43.7 Å². The quantitative estimate of drug-likeness (QED) is 0.730. The summed E-state index contributed by atoms with van der Waals surface area (Å²) in [6.07, 6.45) is 4.85. The van der Waals surface area contributed by atoms with Crippen LogP contribution in [0.1, 0.15) is 43.9 Å². The fraction of sp³-hybridized carbons (Fsp3) is 0.480. The molecule has 5 rings (SSSR count). The topological polar surface area (TPSA) is 72.3 Å². The number of halogens is 2. The number of nitrogens with zero attached hydrogens (tertiary/aromatic N) is 4. The van der Waals surface area contributed by atoms with E-state index in [1.165, 1.54) is 6.07 Å². The molecule has 2 aliphatic heterocycles. The van der Waals surface area contributed by atoms with Crippen LogP contribution in [0.3, 0.4) is 0 Å². The van der Waals surface area contributed by atoms with E-state index in [9.17, 15) is 13.6 Å². The number of carbonyl (C=O) groups is 1. The van der Waals surface area contributed by atoms with E-state index in [0.717, 1.165) is 36.6 Å². The number of amides is 1. The first-order valence-corrected chi connectivity index (χ1v) is 11.5. The van der Waals surface area contributed by atoms with Crippen molar-refractivity contribution in [2.24, 2.45) is 5.92 Å². The Balaban J connectivity index is 1.19. The lowest BCUT2D eigenvalue weighted by Gasteiger charge is -2.43. The summed E-state index contributed by atoms with van der Waals surface area (Å²) in [5.74, 6) is -1.10. The summed E-state index contributed by atoms with van der Waals surface area (Å²) in [6, 6.07) is 10.2. The zero-order chi connectivity index (χ0) is 23.2. The fourth-order valence-corrected chi connectivity index (χ4v) is 5.49. The molecular weight excluding hydrogens is 424 g/mol. The Morgan fingerprint density at radius 1 is 1.24 bits per heavy atom. The summed E-state index contributed by atoms with van der Waals surface area (Å²) in [6.45, 7) is 4.07. The Kier molecular flexibility index (Phi) is 5.53. The molecule has 0 spiro atoms. The Morgan fingerprint density at radius 2 is 2.06 bits per heavy atom. The molecule has 2 saturated heterocycles. The number of hydrogen-bond acceptors (Lipinski definition) is 5. The third-order valence-corrected chi connectivity index (χ3v) is 7.43. The first-order valence-electron chi connectivity index (χ1n) is 11.5. The van der Waals surface area contributed by atoms with E-state index in [-0.39, 0.29) is 23.5 Å². The van der Waals surface area contributed by atoms with Crippen LogP contribution in [0.25, 0.3) is 0 Å². The van der Waals surface area contributed by atoms with Crippen molar-refractivity contribution >= 4 is 11.6 Å². The number of aromatic nitrogens is 1. The first-order chi connectivity index (χ1) is 15.9. The van der Waals surface area contributed by atoms with Gasteiger partial charge in [-0.2, -0.15) is 5.26 Å².